The van der Waals surface area contributed by atoms with Crippen molar-refractivity contribution in [2.75, 3.05) is 32.8 Å². The zero-order valence-corrected chi connectivity index (χ0v) is 21.7. The number of nitrogens with zero attached hydrogens (tertiary/aromatic N) is 2. The summed E-state index contributed by atoms with van der Waals surface area (Å²) in [5.74, 6) is 1.38. The summed E-state index contributed by atoms with van der Waals surface area (Å²) in [5, 5.41) is 12.8. The lowest BCUT2D eigenvalue weighted by molar-refractivity contribution is -0.136. The van der Waals surface area contributed by atoms with Crippen LogP contribution in [0.1, 0.15) is 60.4 Å². The number of fused-ring (bicyclic) bond motifs is 1. The van der Waals surface area contributed by atoms with Crippen LogP contribution in [0.15, 0.2) is 66.0 Å². The Kier molecular flexibility index (Phi) is 8.60. The molecule has 1 aliphatic rings. The summed E-state index contributed by atoms with van der Waals surface area (Å²) in [6, 6.07) is 19.9. The van der Waals surface area contributed by atoms with Crippen LogP contribution < -0.4 is 4.74 Å². The summed E-state index contributed by atoms with van der Waals surface area (Å²) in [6.07, 6.45) is 0.249. The average molecular weight is 493 g/mol. The van der Waals surface area contributed by atoms with Crippen LogP contribution in [0.25, 0.3) is 0 Å². The predicted molar refractivity (Wildman–Crippen MR) is 142 cm³/mol. The number of benzene rings is 2. The van der Waals surface area contributed by atoms with Crippen LogP contribution in [0.5, 0.6) is 5.75 Å². The van der Waals surface area contributed by atoms with Crippen LogP contribution in [0.2, 0.25) is 0 Å². The standard InChI is InChI=1S/C29H36N2O3S/c1-4-30(18-27(32)23-8-6-5-7-9-23)19-29(33)31-16-14-28-25(15-17-35-28)26(31)20-34-24-12-10-22(11-13-24)21(2)3/h5-13,15,17,21,26-27,32H,4,14,16,18-20H2,1-3H3/t26-,27+/m1/s1. The Morgan fingerprint density at radius 1 is 1.11 bits per heavy atom. The molecule has 0 radical (unpaired) electrons. The molecule has 0 aliphatic carbocycles. The van der Waals surface area contributed by atoms with E-state index < -0.39 is 6.10 Å². The molecule has 2 atom stereocenters. The molecule has 1 aliphatic heterocycles. The van der Waals surface area contributed by atoms with Crippen molar-refractivity contribution in [3.63, 3.8) is 0 Å². The highest BCUT2D eigenvalue weighted by Crippen LogP contribution is 2.34. The largest absolute Gasteiger partial charge is 0.491 e. The van der Waals surface area contributed by atoms with Gasteiger partial charge in [0.1, 0.15) is 12.4 Å². The van der Waals surface area contributed by atoms with Crippen molar-refractivity contribution in [2.45, 2.75) is 45.3 Å². The van der Waals surface area contributed by atoms with Gasteiger partial charge in [0.2, 0.25) is 5.91 Å². The van der Waals surface area contributed by atoms with E-state index >= 15 is 0 Å². The number of thiophene rings is 1. The number of ether oxygens (including phenoxy) is 1. The zero-order valence-electron chi connectivity index (χ0n) is 20.9. The maximum atomic E-state index is 13.5. The maximum absolute atomic E-state index is 13.5. The number of amides is 1. The molecule has 1 amide bonds. The summed E-state index contributed by atoms with van der Waals surface area (Å²) in [7, 11) is 0. The van der Waals surface area contributed by atoms with Crippen LogP contribution in [0.3, 0.4) is 0 Å². The third kappa shape index (κ3) is 6.31. The molecule has 2 aromatic carbocycles. The average Bonchev–Trinajstić information content (AvgIpc) is 3.36. The second kappa shape index (κ2) is 11.8. The first-order chi connectivity index (χ1) is 17.0. The van der Waals surface area contributed by atoms with Gasteiger partial charge in [-0.3, -0.25) is 9.69 Å². The minimum absolute atomic E-state index is 0.0766. The molecule has 0 fully saturated rings. The summed E-state index contributed by atoms with van der Waals surface area (Å²) < 4.78 is 6.20. The summed E-state index contributed by atoms with van der Waals surface area (Å²) in [5.41, 5.74) is 3.35. The molecule has 186 valence electrons. The molecule has 0 saturated carbocycles. The number of rotatable bonds is 10. The first kappa shape index (κ1) is 25.4. The minimum atomic E-state index is -0.623. The van der Waals surface area contributed by atoms with Crippen molar-refractivity contribution >= 4 is 17.2 Å². The number of likely N-dealkylation sites (N-methyl/N-ethyl adjacent to an activating group) is 1. The van der Waals surface area contributed by atoms with E-state index in [1.807, 2.05) is 59.2 Å². The fourth-order valence-electron chi connectivity index (χ4n) is 4.61. The molecular weight excluding hydrogens is 456 g/mol. The van der Waals surface area contributed by atoms with Gasteiger partial charge in [-0.1, -0.05) is 63.2 Å². The van der Waals surface area contributed by atoms with Crippen LogP contribution >= 0.6 is 11.3 Å². The number of hydrogen-bond acceptors (Lipinski definition) is 5. The van der Waals surface area contributed by atoms with Gasteiger partial charge < -0.3 is 14.7 Å². The molecule has 0 saturated heterocycles. The predicted octanol–water partition coefficient (Wildman–Crippen LogP) is 5.43. The zero-order chi connectivity index (χ0) is 24.8. The fraction of sp³-hybridized carbons (Fsp3) is 0.414. The fourth-order valence-corrected chi connectivity index (χ4v) is 5.54. The second-order valence-electron chi connectivity index (χ2n) is 9.44. The SMILES string of the molecule is CCN(CC(=O)N1CCc2sccc2[C@H]1COc1ccc(C(C)C)cc1)C[C@H](O)c1ccccc1. The van der Waals surface area contributed by atoms with Crippen molar-refractivity contribution < 1.29 is 14.6 Å². The molecule has 6 heteroatoms. The van der Waals surface area contributed by atoms with E-state index in [2.05, 4.69) is 37.4 Å². The minimum Gasteiger partial charge on any atom is -0.491 e. The Morgan fingerprint density at radius 3 is 2.54 bits per heavy atom. The molecule has 5 nitrogen and oxygen atoms in total. The number of carbonyl (C=O) groups excluding carboxylic acids is 1. The molecule has 3 aromatic rings. The van der Waals surface area contributed by atoms with Gasteiger partial charge in [0.05, 0.1) is 18.7 Å². The highest BCUT2D eigenvalue weighted by atomic mass is 32.1. The Hall–Kier alpha value is -2.67. The maximum Gasteiger partial charge on any atom is 0.237 e. The molecule has 2 heterocycles. The van der Waals surface area contributed by atoms with Crippen molar-refractivity contribution in [2.24, 2.45) is 0 Å². The van der Waals surface area contributed by atoms with E-state index in [1.54, 1.807) is 11.3 Å². The summed E-state index contributed by atoms with van der Waals surface area (Å²) in [6.45, 7) is 8.89. The van der Waals surface area contributed by atoms with Gasteiger partial charge in [-0.25, -0.2) is 0 Å². The molecule has 1 aromatic heterocycles. The summed E-state index contributed by atoms with van der Waals surface area (Å²) >= 11 is 1.76. The van der Waals surface area contributed by atoms with Crippen LogP contribution in [-0.4, -0.2) is 53.6 Å². The molecule has 4 rings (SSSR count). The Balaban J connectivity index is 1.43. The van der Waals surface area contributed by atoms with E-state index in [0.717, 1.165) is 17.7 Å². The Morgan fingerprint density at radius 2 is 1.86 bits per heavy atom. The van der Waals surface area contributed by atoms with Crippen LogP contribution in [-0.2, 0) is 11.2 Å². The van der Waals surface area contributed by atoms with Gasteiger partial charge in [0, 0.05) is 18.0 Å². The van der Waals surface area contributed by atoms with Crippen molar-refractivity contribution in [1.29, 1.82) is 0 Å². The Bertz CT molecular complexity index is 1080. The number of carbonyl (C=O) groups is 1. The van der Waals surface area contributed by atoms with E-state index in [1.165, 1.54) is 16.0 Å². The quantitative estimate of drug-likeness (QED) is 0.410. The molecule has 0 bridgehead atoms. The van der Waals surface area contributed by atoms with E-state index in [-0.39, 0.29) is 18.5 Å². The number of hydrogen-bond donors (Lipinski definition) is 1. The smallest absolute Gasteiger partial charge is 0.237 e. The Labute approximate surface area is 213 Å². The molecule has 35 heavy (non-hydrogen) atoms. The van der Waals surface area contributed by atoms with Crippen LogP contribution in [0, 0.1) is 0 Å². The highest BCUT2D eigenvalue weighted by molar-refractivity contribution is 7.10. The van der Waals surface area contributed by atoms with Gasteiger partial charge >= 0.3 is 0 Å². The third-order valence-corrected chi connectivity index (χ3v) is 7.79. The van der Waals surface area contributed by atoms with E-state index in [0.29, 0.717) is 32.2 Å². The molecule has 0 spiro atoms. The van der Waals surface area contributed by atoms with Gasteiger partial charge in [-0.2, -0.15) is 0 Å². The lowest BCUT2D eigenvalue weighted by atomic mass is 10.00. The van der Waals surface area contributed by atoms with Gasteiger partial charge in [0.15, 0.2) is 0 Å². The second-order valence-corrected chi connectivity index (χ2v) is 10.4. The third-order valence-electron chi connectivity index (χ3n) is 6.79. The van der Waals surface area contributed by atoms with Crippen LogP contribution in [0.4, 0.5) is 0 Å². The lowest BCUT2D eigenvalue weighted by Gasteiger charge is -2.37. The number of aliphatic hydroxyl groups is 1. The summed E-state index contributed by atoms with van der Waals surface area (Å²) in [4.78, 5) is 18.8. The first-order valence-corrected chi connectivity index (χ1v) is 13.4. The highest BCUT2D eigenvalue weighted by Gasteiger charge is 2.33. The van der Waals surface area contributed by atoms with Crippen molar-refractivity contribution in [1.82, 2.24) is 9.80 Å². The topological polar surface area (TPSA) is 53.0 Å². The van der Waals surface area contributed by atoms with Crippen molar-refractivity contribution in [3.8, 4) is 5.75 Å². The molecule has 0 unspecified atom stereocenters. The monoisotopic (exact) mass is 492 g/mol. The number of aliphatic hydroxyl groups excluding tert-OH is 1. The van der Waals surface area contributed by atoms with Gasteiger partial charge in [-0.15, -0.1) is 11.3 Å². The van der Waals surface area contributed by atoms with Gasteiger partial charge in [-0.05, 0) is 59.2 Å². The lowest BCUT2D eigenvalue weighted by Crippen LogP contribution is -2.47. The molecular formula is C29H36N2O3S. The van der Waals surface area contributed by atoms with Crippen molar-refractivity contribution in [3.05, 3.63) is 87.6 Å². The van der Waals surface area contributed by atoms with E-state index in [4.69, 9.17) is 4.74 Å². The normalized spacial score (nSPS) is 16.4. The van der Waals surface area contributed by atoms with Gasteiger partial charge in [0.25, 0.3) is 0 Å². The molecule has 1 N–H and O–H groups in total. The first-order valence-electron chi connectivity index (χ1n) is 12.5. The van der Waals surface area contributed by atoms with E-state index in [9.17, 15) is 9.90 Å².